The number of nitriles is 1. The zero-order valence-electron chi connectivity index (χ0n) is 22.7. The van der Waals surface area contributed by atoms with Gasteiger partial charge in [0, 0.05) is 24.2 Å². The highest BCUT2D eigenvalue weighted by atomic mass is 19.4. The summed E-state index contributed by atoms with van der Waals surface area (Å²) >= 11 is 0. The Balaban J connectivity index is 1.81. The van der Waals surface area contributed by atoms with Gasteiger partial charge in [0.2, 0.25) is 5.88 Å². The second kappa shape index (κ2) is 12.8. The van der Waals surface area contributed by atoms with E-state index < -0.39 is 41.0 Å². The molecule has 1 heterocycles. The van der Waals surface area contributed by atoms with Gasteiger partial charge in [0.1, 0.15) is 11.6 Å². The molecule has 0 aliphatic carbocycles. The monoisotopic (exact) mass is 557 g/mol. The largest absolute Gasteiger partial charge is 0.494 e. The van der Waals surface area contributed by atoms with Crippen molar-refractivity contribution >= 4 is 5.91 Å². The first-order chi connectivity index (χ1) is 18.8. The molecule has 0 aliphatic rings. The van der Waals surface area contributed by atoms with Gasteiger partial charge in [-0.25, -0.2) is 9.37 Å². The summed E-state index contributed by atoms with van der Waals surface area (Å²) in [6.07, 6.45) is -2.63. The fourth-order valence-electron chi connectivity index (χ4n) is 4.07. The second-order valence-electron chi connectivity index (χ2n) is 9.95. The first-order valence-corrected chi connectivity index (χ1v) is 12.8. The van der Waals surface area contributed by atoms with Crippen LogP contribution >= 0.6 is 0 Å². The van der Waals surface area contributed by atoms with E-state index in [1.807, 2.05) is 37.3 Å². The van der Waals surface area contributed by atoms with Gasteiger partial charge >= 0.3 is 6.18 Å². The van der Waals surface area contributed by atoms with Crippen LogP contribution in [0.2, 0.25) is 0 Å². The van der Waals surface area contributed by atoms with Gasteiger partial charge in [0.15, 0.2) is 5.60 Å². The Kier molecular flexibility index (Phi) is 9.74. The minimum absolute atomic E-state index is 0.147. The lowest BCUT2D eigenvalue weighted by atomic mass is 9.85. The third kappa shape index (κ3) is 8.18. The molecule has 40 heavy (non-hydrogen) atoms. The van der Waals surface area contributed by atoms with Crippen LogP contribution in [0.4, 0.5) is 17.6 Å². The summed E-state index contributed by atoms with van der Waals surface area (Å²) in [6, 6.07) is 14.8. The van der Waals surface area contributed by atoms with Crippen molar-refractivity contribution < 1.29 is 31.8 Å². The van der Waals surface area contributed by atoms with Gasteiger partial charge < -0.3 is 14.8 Å². The van der Waals surface area contributed by atoms with E-state index in [1.54, 1.807) is 13.0 Å². The van der Waals surface area contributed by atoms with E-state index in [-0.39, 0.29) is 11.4 Å². The molecular formula is C30H31F4N3O3. The van der Waals surface area contributed by atoms with E-state index >= 15 is 0 Å². The van der Waals surface area contributed by atoms with Crippen LogP contribution in [0.1, 0.15) is 62.3 Å². The minimum Gasteiger partial charge on any atom is -0.494 e. The van der Waals surface area contributed by atoms with E-state index in [0.717, 1.165) is 35.9 Å². The molecule has 0 aliphatic heterocycles. The van der Waals surface area contributed by atoms with Crippen molar-refractivity contribution in [3.8, 4) is 17.7 Å². The molecule has 0 radical (unpaired) electrons. The van der Waals surface area contributed by atoms with Crippen LogP contribution in [-0.4, -0.2) is 29.1 Å². The summed E-state index contributed by atoms with van der Waals surface area (Å²) in [5.41, 5.74) is -0.848. The maximum Gasteiger partial charge on any atom is 0.417 e. The molecule has 3 aromatic rings. The van der Waals surface area contributed by atoms with E-state index in [2.05, 4.69) is 10.3 Å². The van der Waals surface area contributed by atoms with Gasteiger partial charge in [-0.3, -0.25) is 4.79 Å². The molecule has 3 rings (SSSR count). The van der Waals surface area contributed by atoms with Crippen LogP contribution in [0.5, 0.6) is 11.6 Å². The predicted molar refractivity (Wildman–Crippen MR) is 141 cm³/mol. The number of amides is 1. The van der Waals surface area contributed by atoms with Gasteiger partial charge in [0.25, 0.3) is 5.91 Å². The molecule has 1 aromatic heterocycles. The Morgan fingerprint density at radius 3 is 2.38 bits per heavy atom. The van der Waals surface area contributed by atoms with Gasteiger partial charge in [-0.05, 0) is 81.1 Å². The SMILES string of the molecule is CCCOc1ccc(CC(c2cc(F)cc(C#N)c2)C(C)NC(=O)C(C)(C)Oc2ccc(C(F)(F)F)cn2)cc1. The lowest BCUT2D eigenvalue weighted by Gasteiger charge is -2.31. The van der Waals surface area contributed by atoms with Crippen LogP contribution in [-0.2, 0) is 17.4 Å². The van der Waals surface area contributed by atoms with E-state index in [9.17, 15) is 27.6 Å². The van der Waals surface area contributed by atoms with Crippen LogP contribution in [0.3, 0.4) is 0 Å². The van der Waals surface area contributed by atoms with Crippen molar-refractivity contribution in [1.82, 2.24) is 10.3 Å². The summed E-state index contributed by atoms with van der Waals surface area (Å²) in [6.45, 7) is 7.29. The van der Waals surface area contributed by atoms with Crippen molar-refractivity contribution in [3.63, 3.8) is 0 Å². The maximum atomic E-state index is 14.4. The summed E-state index contributed by atoms with van der Waals surface area (Å²) in [7, 11) is 0. The van der Waals surface area contributed by atoms with E-state index in [1.165, 1.54) is 19.9 Å². The fraction of sp³-hybridized carbons (Fsp3) is 0.367. The Morgan fingerprint density at radius 2 is 1.80 bits per heavy atom. The highest BCUT2D eigenvalue weighted by Crippen LogP contribution is 2.31. The van der Waals surface area contributed by atoms with E-state index in [0.29, 0.717) is 24.8 Å². The van der Waals surface area contributed by atoms with Crippen molar-refractivity contribution in [3.05, 3.63) is 88.9 Å². The van der Waals surface area contributed by atoms with Crippen LogP contribution in [0.25, 0.3) is 0 Å². The number of hydrogen-bond acceptors (Lipinski definition) is 5. The van der Waals surface area contributed by atoms with E-state index in [4.69, 9.17) is 9.47 Å². The van der Waals surface area contributed by atoms with Gasteiger partial charge in [-0.2, -0.15) is 18.4 Å². The lowest BCUT2D eigenvalue weighted by Crippen LogP contribution is -2.51. The molecule has 1 N–H and O–H groups in total. The zero-order chi connectivity index (χ0) is 29.5. The first kappa shape index (κ1) is 30.4. The number of carbonyl (C=O) groups excluding carboxylic acids is 1. The molecule has 0 spiro atoms. The Bertz CT molecular complexity index is 1330. The second-order valence-corrected chi connectivity index (χ2v) is 9.95. The highest BCUT2D eigenvalue weighted by molar-refractivity contribution is 5.85. The Hall–Kier alpha value is -4.13. The molecule has 10 heteroatoms. The third-order valence-corrected chi connectivity index (χ3v) is 6.26. The molecule has 2 unspecified atom stereocenters. The van der Waals surface area contributed by atoms with Crippen LogP contribution in [0, 0.1) is 17.1 Å². The molecule has 1 amide bonds. The molecule has 2 atom stereocenters. The summed E-state index contributed by atoms with van der Waals surface area (Å²) < 4.78 is 64.2. The first-order valence-electron chi connectivity index (χ1n) is 12.8. The number of rotatable bonds is 11. The number of ether oxygens (including phenoxy) is 2. The molecular weight excluding hydrogens is 526 g/mol. The predicted octanol–water partition coefficient (Wildman–Crippen LogP) is 6.59. The number of aromatic nitrogens is 1. The van der Waals surface area contributed by atoms with Crippen molar-refractivity contribution in [2.45, 2.75) is 64.3 Å². The maximum absolute atomic E-state index is 14.4. The topological polar surface area (TPSA) is 84.2 Å². The number of halogens is 4. The standard InChI is InChI=1S/C30H31F4N3O3/c1-5-12-39-25-9-6-20(7-10-25)15-26(22-13-21(17-35)14-24(31)16-22)19(2)37-28(38)29(3,4)40-27-11-8-23(18-36-27)30(32,33)34/h6-11,13-14,16,18-19,26H,5,12,15H2,1-4H3,(H,37,38). The summed E-state index contributed by atoms with van der Waals surface area (Å²) in [5.74, 6) is -0.984. The molecule has 0 fully saturated rings. The van der Waals surface area contributed by atoms with Crippen molar-refractivity contribution in [2.75, 3.05) is 6.61 Å². The Labute approximate surface area is 231 Å². The number of benzene rings is 2. The van der Waals surface area contributed by atoms with Crippen molar-refractivity contribution in [2.24, 2.45) is 0 Å². The molecule has 0 bridgehead atoms. The number of nitrogens with one attached hydrogen (secondary N) is 1. The smallest absolute Gasteiger partial charge is 0.417 e. The number of alkyl halides is 3. The number of pyridine rings is 1. The van der Waals surface area contributed by atoms with Crippen LogP contribution < -0.4 is 14.8 Å². The number of nitrogens with zero attached hydrogens (tertiary/aromatic N) is 2. The van der Waals surface area contributed by atoms with Gasteiger partial charge in [0.05, 0.1) is 23.8 Å². The Morgan fingerprint density at radius 1 is 1.10 bits per heavy atom. The molecule has 0 saturated carbocycles. The highest BCUT2D eigenvalue weighted by Gasteiger charge is 2.35. The quantitative estimate of drug-likeness (QED) is 0.269. The molecule has 6 nitrogen and oxygen atoms in total. The van der Waals surface area contributed by atoms with Gasteiger partial charge in [-0.15, -0.1) is 0 Å². The average Bonchev–Trinajstić information content (AvgIpc) is 2.90. The van der Waals surface area contributed by atoms with Crippen LogP contribution in [0.15, 0.2) is 60.8 Å². The summed E-state index contributed by atoms with van der Waals surface area (Å²) in [4.78, 5) is 16.9. The minimum atomic E-state index is -4.55. The third-order valence-electron chi connectivity index (χ3n) is 6.26. The normalized spacial score (nSPS) is 13.2. The zero-order valence-corrected chi connectivity index (χ0v) is 22.7. The lowest BCUT2D eigenvalue weighted by molar-refractivity contribution is -0.138. The average molecular weight is 558 g/mol. The molecule has 0 saturated heterocycles. The molecule has 212 valence electrons. The molecule has 2 aromatic carbocycles. The number of carbonyl (C=O) groups is 1. The summed E-state index contributed by atoms with van der Waals surface area (Å²) in [5, 5.41) is 12.3. The fourth-order valence-corrected chi connectivity index (χ4v) is 4.07. The number of hydrogen-bond donors (Lipinski definition) is 1. The van der Waals surface area contributed by atoms with Gasteiger partial charge in [-0.1, -0.05) is 19.1 Å². The van der Waals surface area contributed by atoms with Crippen molar-refractivity contribution in [1.29, 1.82) is 5.26 Å².